The molecule has 0 N–H and O–H groups in total. The van der Waals surface area contributed by atoms with E-state index in [-0.39, 0.29) is 9.92 Å². The summed E-state index contributed by atoms with van der Waals surface area (Å²) in [6.45, 7) is 1.92. The number of benzene rings is 2. The van der Waals surface area contributed by atoms with Crippen molar-refractivity contribution < 1.29 is 8.42 Å². The van der Waals surface area contributed by atoms with Gasteiger partial charge in [-0.3, -0.25) is 0 Å². The molecule has 0 aliphatic rings. The van der Waals surface area contributed by atoms with E-state index in [0.717, 1.165) is 10.9 Å². The lowest BCUT2D eigenvalue weighted by Crippen LogP contribution is -2.05. The number of fused-ring (bicyclic) bond motifs is 1. The second-order valence-corrected chi connectivity index (χ2v) is 6.52. The highest BCUT2D eigenvalue weighted by Crippen LogP contribution is 2.26. The largest absolute Gasteiger partial charge is 0.244 e. The Labute approximate surface area is 117 Å². The molecule has 2 aromatic carbocycles. The zero-order valence-corrected chi connectivity index (χ0v) is 11.8. The van der Waals surface area contributed by atoms with Crippen LogP contribution in [0.4, 0.5) is 0 Å². The summed E-state index contributed by atoms with van der Waals surface area (Å²) in [7, 11) is -3.59. The molecule has 0 radical (unpaired) electrons. The fourth-order valence-electron chi connectivity index (χ4n) is 2.14. The van der Waals surface area contributed by atoms with Crippen molar-refractivity contribution in [1.82, 2.24) is 4.98 Å². The first kappa shape index (κ1) is 12.8. The number of hydrogen-bond donors (Lipinski definition) is 0. The molecule has 0 bridgehead atoms. The predicted octanol–water partition coefficient (Wildman–Crippen LogP) is 3.38. The SMILES string of the molecule is Cc1ccc(S(=O)(=O)c2nccc3ccccc23)cc1. The highest BCUT2D eigenvalue weighted by molar-refractivity contribution is 7.91. The first-order chi connectivity index (χ1) is 9.59. The van der Waals surface area contributed by atoms with Gasteiger partial charge in [0.05, 0.1) is 4.90 Å². The fourth-order valence-corrected chi connectivity index (χ4v) is 3.53. The third kappa shape index (κ3) is 2.08. The van der Waals surface area contributed by atoms with Gasteiger partial charge >= 0.3 is 0 Å². The van der Waals surface area contributed by atoms with E-state index in [1.54, 1.807) is 30.3 Å². The van der Waals surface area contributed by atoms with Gasteiger partial charge in [-0.25, -0.2) is 13.4 Å². The summed E-state index contributed by atoms with van der Waals surface area (Å²) in [6.07, 6.45) is 1.53. The van der Waals surface area contributed by atoms with Gasteiger partial charge in [0.15, 0.2) is 5.03 Å². The second kappa shape index (κ2) is 4.72. The van der Waals surface area contributed by atoms with Crippen molar-refractivity contribution in [2.24, 2.45) is 0 Å². The molecule has 0 aliphatic carbocycles. The lowest BCUT2D eigenvalue weighted by molar-refractivity contribution is 0.593. The van der Waals surface area contributed by atoms with Crippen LogP contribution in [0.5, 0.6) is 0 Å². The molecule has 1 heterocycles. The van der Waals surface area contributed by atoms with Crippen molar-refractivity contribution in [2.45, 2.75) is 16.8 Å². The maximum atomic E-state index is 12.7. The van der Waals surface area contributed by atoms with Crippen LogP contribution in [-0.2, 0) is 9.84 Å². The van der Waals surface area contributed by atoms with E-state index in [9.17, 15) is 8.42 Å². The Morgan fingerprint density at radius 2 is 1.60 bits per heavy atom. The van der Waals surface area contributed by atoms with Crippen molar-refractivity contribution in [3.8, 4) is 0 Å². The van der Waals surface area contributed by atoms with E-state index < -0.39 is 9.84 Å². The minimum Gasteiger partial charge on any atom is -0.244 e. The van der Waals surface area contributed by atoms with Gasteiger partial charge in [0.2, 0.25) is 9.84 Å². The summed E-state index contributed by atoms with van der Waals surface area (Å²) < 4.78 is 25.4. The number of hydrogen-bond acceptors (Lipinski definition) is 3. The predicted molar refractivity (Wildman–Crippen MR) is 78.4 cm³/mol. The van der Waals surface area contributed by atoms with Gasteiger partial charge in [-0.1, -0.05) is 42.0 Å². The average Bonchev–Trinajstić information content (AvgIpc) is 2.47. The minimum absolute atomic E-state index is 0.111. The molecule has 0 amide bonds. The molecule has 0 unspecified atom stereocenters. The molecule has 1 aromatic heterocycles. The van der Waals surface area contributed by atoms with Gasteiger partial charge < -0.3 is 0 Å². The summed E-state index contributed by atoms with van der Waals surface area (Å²) in [5, 5.41) is 1.63. The molecule has 0 saturated carbocycles. The maximum absolute atomic E-state index is 12.7. The summed E-state index contributed by atoms with van der Waals surface area (Å²) in [4.78, 5) is 4.36. The van der Waals surface area contributed by atoms with Crippen molar-refractivity contribution in [1.29, 1.82) is 0 Å². The Hall–Kier alpha value is -2.20. The zero-order valence-electron chi connectivity index (χ0n) is 10.9. The van der Waals surface area contributed by atoms with Crippen molar-refractivity contribution in [2.75, 3.05) is 0 Å². The molecule has 3 aromatic rings. The van der Waals surface area contributed by atoms with Crippen LogP contribution in [0.25, 0.3) is 10.8 Å². The molecule has 0 aliphatic heterocycles. The topological polar surface area (TPSA) is 47.0 Å². The van der Waals surface area contributed by atoms with E-state index in [1.807, 2.05) is 31.2 Å². The molecule has 0 spiro atoms. The van der Waals surface area contributed by atoms with Crippen molar-refractivity contribution in [3.05, 3.63) is 66.4 Å². The highest BCUT2D eigenvalue weighted by Gasteiger charge is 2.21. The first-order valence-corrected chi connectivity index (χ1v) is 7.73. The van der Waals surface area contributed by atoms with Gasteiger partial charge in [0.25, 0.3) is 0 Å². The van der Waals surface area contributed by atoms with Crippen LogP contribution >= 0.6 is 0 Å². The quantitative estimate of drug-likeness (QED) is 0.724. The molecule has 0 fully saturated rings. The maximum Gasteiger partial charge on any atom is 0.224 e. The van der Waals surface area contributed by atoms with E-state index in [0.29, 0.717) is 5.39 Å². The van der Waals surface area contributed by atoms with E-state index >= 15 is 0 Å². The Kier molecular flexibility index (Phi) is 3.03. The van der Waals surface area contributed by atoms with Gasteiger partial charge in [-0.05, 0) is 30.5 Å². The highest BCUT2D eigenvalue weighted by atomic mass is 32.2. The molecule has 100 valence electrons. The van der Waals surface area contributed by atoms with Crippen molar-refractivity contribution >= 4 is 20.6 Å². The minimum atomic E-state index is -3.59. The standard InChI is InChI=1S/C16H13NO2S/c1-12-6-8-14(9-7-12)20(18,19)16-15-5-3-2-4-13(15)10-11-17-16/h2-11H,1H3. The van der Waals surface area contributed by atoms with Crippen LogP contribution in [0.1, 0.15) is 5.56 Å². The molecular weight excluding hydrogens is 270 g/mol. The fraction of sp³-hybridized carbons (Fsp3) is 0.0625. The molecular formula is C16H13NO2S. The van der Waals surface area contributed by atoms with Gasteiger partial charge in [0, 0.05) is 11.6 Å². The summed E-state index contributed by atoms with van der Waals surface area (Å²) >= 11 is 0. The average molecular weight is 283 g/mol. The number of sulfone groups is 1. The summed E-state index contributed by atoms with van der Waals surface area (Å²) in [6, 6.07) is 16.0. The van der Waals surface area contributed by atoms with E-state index in [1.165, 1.54) is 6.20 Å². The molecule has 20 heavy (non-hydrogen) atoms. The lowest BCUT2D eigenvalue weighted by Gasteiger charge is -2.07. The first-order valence-electron chi connectivity index (χ1n) is 6.24. The number of nitrogens with zero attached hydrogens (tertiary/aromatic N) is 1. The van der Waals surface area contributed by atoms with Crippen LogP contribution < -0.4 is 0 Å². The Balaban J connectivity index is 2.27. The van der Waals surface area contributed by atoms with Gasteiger partial charge in [-0.15, -0.1) is 0 Å². The molecule has 0 atom stereocenters. The summed E-state index contributed by atoms with van der Waals surface area (Å²) in [5.74, 6) is 0. The molecule has 3 nitrogen and oxygen atoms in total. The zero-order chi connectivity index (χ0) is 14.2. The monoisotopic (exact) mass is 283 g/mol. The Morgan fingerprint density at radius 1 is 0.900 bits per heavy atom. The van der Waals surface area contributed by atoms with Crippen LogP contribution in [0.15, 0.2) is 70.7 Å². The number of aryl methyl sites for hydroxylation is 1. The van der Waals surface area contributed by atoms with Gasteiger partial charge in [0.1, 0.15) is 0 Å². The van der Waals surface area contributed by atoms with Crippen LogP contribution in [0, 0.1) is 6.92 Å². The third-order valence-corrected chi connectivity index (χ3v) is 4.95. The van der Waals surface area contributed by atoms with Gasteiger partial charge in [-0.2, -0.15) is 0 Å². The van der Waals surface area contributed by atoms with E-state index in [2.05, 4.69) is 4.98 Å². The number of rotatable bonds is 2. The second-order valence-electron chi connectivity index (χ2n) is 4.65. The van der Waals surface area contributed by atoms with Crippen molar-refractivity contribution in [3.63, 3.8) is 0 Å². The Bertz CT molecular complexity index is 863. The van der Waals surface area contributed by atoms with E-state index in [4.69, 9.17) is 0 Å². The molecule has 0 saturated heterocycles. The van der Waals surface area contributed by atoms with Crippen LogP contribution in [0.2, 0.25) is 0 Å². The Morgan fingerprint density at radius 3 is 2.35 bits per heavy atom. The molecule has 3 rings (SSSR count). The van der Waals surface area contributed by atoms with Crippen LogP contribution in [0.3, 0.4) is 0 Å². The van der Waals surface area contributed by atoms with Crippen LogP contribution in [-0.4, -0.2) is 13.4 Å². The number of aromatic nitrogens is 1. The number of pyridine rings is 1. The molecule has 4 heteroatoms. The summed E-state index contributed by atoms with van der Waals surface area (Å²) in [5.41, 5.74) is 1.02. The lowest BCUT2D eigenvalue weighted by atomic mass is 10.2. The normalized spacial score (nSPS) is 11.7. The third-order valence-electron chi connectivity index (χ3n) is 3.22. The smallest absolute Gasteiger partial charge is 0.224 e.